The number of para-hydroxylation sites is 1. The summed E-state index contributed by atoms with van der Waals surface area (Å²) in [4.78, 5) is 26.3. The number of hydrogen-bond acceptors (Lipinski definition) is 4. The van der Waals surface area contributed by atoms with Gasteiger partial charge in [-0.25, -0.2) is 0 Å². The molecule has 0 aliphatic carbocycles. The van der Waals surface area contributed by atoms with E-state index in [1.807, 2.05) is 0 Å². The summed E-state index contributed by atoms with van der Waals surface area (Å²) >= 11 is 0. The molecule has 2 aromatic carbocycles. The first kappa shape index (κ1) is 16.8. The van der Waals surface area contributed by atoms with Crippen molar-refractivity contribution in [3.63, 3.8) is 0 Å². The highest BCUT2D eigenvalue weighted by molar-refractivity contribution is 6.07. The van der Waals surface area contributed by atoms with Crippen molar-refractivity contribution in [3.8, 4) is 11.5 Å². The predicted molar refractivity (Wildman–Crippen MR) is 95.5 cm³/mol. The number of hydrogen-bond donors (Lipinski definition) is 1. The van der Waals surface area contributed by atoms with Gasteiger partial charge in [-0.1, -0.05) is 12.1 Å². The Morgan fingerprint density at radius 3 is 2.52 bits per heavy atom. The molecule has 0 bridgehead atoms. The lowest BCUT2D eigenvalue weighted by molar-refractivity contribution is -0.117. The lowest BCUT2D eigenvalue weighted by Gasteiger charge is -2.20. The van der Waals surface area contributed by atoms with Crippen molar-refractivity contribution in [2.45, 2.75) is 12.8 Å². The van der Waals surface area contributed by atoms with Gasteiger partial charge in [0.2, 0.25) is 5.91 Å². The molecule has 6 nitrogen and oxygen atoms in total. The molecular formula is C19H20N2O4. The van der Waals surface area contributed by atoms with E-state index in [-0.39, 0.29) is 11.8 Å². The maximum absolute atomic E-state index is 12.5. The highest BCUT2D eigenvalue weighted by atomic mass is 16.5. The zero-order valence-electron chi connectivity index (χ0n) is 14.2. The molecule has 0 spiro atoms. The second-order valence-corrected chi connectivity index (χ2v) is 5.69. The summed E-state index contributed by atoms with van der Waals surface area (Å²) in [5.74, 6) is 0.891. The first-order valence-electron chi connectivity index (χ1n) is 8.07. The predicted octanol–water partition coefficient (Wildman–Crippen LogP) is 3.08. The molecule has 0 radical (unpaired) electrons. The van der Waals surface area contributed by atoms with Crippen LogP contribution in [0.3, 0.4) is 0 Å². The monoisotopic (exact) mass is 340 g/mol. The minimum Gasteiger partial charge on any atom is -0.496 e. The summed E-state index contributed by atoms with van der Waals surface area (Å²) in [6.45, 7) is 0.652. The average molecular weight is 340 g/mol. The Labute approximate surface area is 146 Å². The van der Waals surface area contributed by atoms with Crippen molar-refractivity contribution in [2.24, 2.45) is 0 Å². The molecule has 1 saturated heterocycles. The quantitative estimate of drug-likeness (QED) is 0.908. The molecule has 1 N–H and O–H groups in total. The molecule has 130 valence electrons. The van der Waals surface area contributed by atoms with E-state index in [9.17, 15) is 9.59 Å². The van der Waals surface area contributed by atoms with Crippen LogP contribution in [0.4, 0.5) is 11.4 Å². The molecule has 1 heterocycles. The summed E-state index contributed by atoms with van der Waals surface area (Å²) in [6.07, 6.45) is 1.35. The van der Waals surface area contributed by atoms with Crippen LogP contribution < -0.4 is 19.7 Å². The minimum atomic E-state index is -0.277. The number of nitrogens with one attached hydrogen (secondary N) is 1. The van der Waals surface area contributed by atoms with E-state index in [0.29, 0.717) is 41.4 Å². The normalized spacial score (nSPS) is 13.7. The van der Waals surface area contributed by atoms with Crippen LogP contribution in [-0.4, -0.2) is 32.6 Å². The fraction of sp³-hybridized carbons (Fsp3) is 0.263. The van der Waals surface area contributed by atoms with Crippen LogP contribution >= 0.6 is 0 Å². The summed E-state index contributed by atoms with van der Waals surface area (Å²) in [5, 5.41) is 2.85. The Bertz CT molecular complexity index is 804. The van der Waals surface area contributed by atoms with Gasteiger partial charge in [-0.05, 0) is 36.8 Å². The molecule has 1 aliphatic rings. The maximum Gasteiger partial charge on any atom is 0.259 e. The van der Waals surface area contributed by atoms with Gasteiger partial charge < -0.3 is 19.7 Å². The highest BCUT2D eigenvalue weighted by Crippen LogP contribution is 2.34. The Hall–Kier alpha value is -3.02. The van der Waals surface area contributed by atoms with Crippen LogP contribution in [0.25, 0.3) is 0 Å². The van der Waals surface area contributed by atoms with Gasteiger partial charge in [0.25, 0.3) is 5.91 Å². The number of carbonyl (C=O) groups excluding carboxylic acids is 2. The minimum absolute atomic E-state index is 0.0616. The van der Waals surface area contributed by atoms with E-state index < -0.39 is 0 Å². The largest absolute Gasteiger partial charge is 0.496 e. The lowest BCUT2D eigenvalue weighted by atomic mass is 10.1. The second kappa shape index (κ2) is 7.25. The van der Waals surface area contributed by atoms with Crippen molar-refractivity contribution >= 4 is 23.2 Å². The van der Waals surface area contributed by atoms with Crippen LogP contribution in [0, 0.1) is 0 Å². The van der Waals surface area contributed by atoms with E-state index in [1.165, 1.54) is 7.11 Å². The Morgan fingerprint density at radius 2 is 1.84 bits per heavy atom. The molecule has 0 saturated carbocycles. The van der Waals surface area contributed by atoms with E-state index in [2.05, 4.69) is 5.32 Å². The van der Waals surface area contributed by atoms with Gasteiger partial charge in [0.05, 0.1) is 25.5 Å². The van der Waals surface area contributed by atoms with Crippen LogP contribution in [0.15, 0.2) is 42.5 Å². The molecule has 1 aliphatic heterocycles. The van der Waals surface area contributed by atoms with Crippen LogP contribution in [0.5, 0.6) is 11.5 Å². The number of nitrogens with zero attached hydrogens (tertiary/aromatic N) is 1. The fourth-order valence-corrected chi connectivity index (χ4v) is 2.91. The number of carbonyl (C=O) groups is 2. The topological polar surface area (TPSA) is 67.9 Å². The molecule has 2 amide bonds. The second-order valence-electron chi connectivity index (χ2n) is 5.69. The van der Waals surface area contributed by atoms with Gasteiger partial charge in [-0.2, -0.15) is 0 Å². The molecular weight excluding hydrogens is 320 g/mol. The Balaban J connectivity index is 1.88. The van der Waals surface area contributed by atoms with E-state index in [1.54, 1.807) is 54.5 Å². The van der Waals surface area contributed by atoms with E-state index in [0.717, 1.165) is 6.42 Å². The average Bonchev–Trinajstić information content (AvgIpc) is 3.07. The SMILES string of the molecule is COc1ccccc1C(=O)Nc1ccc(OC)c(N2CCCC2=O)c1. The summed E-state index contributed by atoms with van der Waals surface area (Å²) in [6, 6.07) is 12.3. The number of anilines is 2. The number of amides is 2. The first-order chi connectivity index (χ1) is 12.1. The maximum atomic E-state index is 12.5. The van der Waals surface area contributed by atoms with Crippen molar-refractivity contribution in [1.29, 1.82) is 0 Å². The highest BCUT2D eigenvalue weighted by Gasteiger charge is 2.25. The number of rotatable bonds is 5. The van der Waals surface area contributed by atoms with Crippen molar-refractivity contribution in [2.75, 3.05) is 31.0 Å². The van der Waals surface area contributed by atoms with Crippen LogP contribution in [0.2, 0.25) is 0 Å². The van der Waals surface area contributed by atoms with Gasteiger partial charge in [-0.15, -0.1) is 0 Å². The van der Waals surface area contributed by atoms with Crippen LogP contribution in [-0.2, 0) is 4.79 Å². The first-order valence-corrected chi connectivity index (χ1v) is 8.07. The number of benzene rings is 2. The van der Waals surface area contributed by atoms with Gasteiger partial charge in [0.1, 0.15) is 11.5 Å². The Morgan fingerprint density at radius 1 is 1.08 bits per heavy atom. The standard InChI is InChI=1S/C19H20N2O4/c1-24-16-7-4-3-6-14(16)19(23)20-13-9-10-17(25-2)15(12-13)21-11-5-8-18(21)22/h3-4,6-7,9-10,12H,5,8,11H2,1-2H3,(H,20,23). The van der Waals surface area contributed by atoms with E-state index >= 15 is 0 Å². The van der Waals surface area contributed by atoms with Crippen LogP contribution in [0.1, 0.15) is 23.2 Å². The molecule has 0 aromatic heterocycles. The number of ether oxygens (including phenoxy) is 2. The van der Waals surface area contributed by atoms with Gasteiger partial charge in [0.15, 0.2) is 0 Å². The number of methoxy groups -OCH3 is 2. The fourth-order valence-electron chi connectivity index (χ4n) is 2.91. The van der Waals surface area contributed by atoms with Gasteiger partial charge in [-0.3, -0.25) is 9.59 Å². The van der Waals surface area contributed by atoms with Gasteiger partial charge in [0, 0.05) is 18.7 Å². The zero-order chi connectivity index (χ0) is 17.8. The molecule has 0 unspecified atom stereocenters. The third-order valence-corrected chi connectivity index (χ3v) is 4.15. The summed E-state index contributed by atoms with van der Waals surface area (Å²) in [7, 11) is 3.09. The van der Waals surface area contributed by atoms with Crippen molar-refractivity contribution in [1.82, 2.24) is 0 Å². The summed E-state index contributed by atoms with van der Waals surface area (Å²) < 4.78 is 10.6. The molecule has 0 atom stereocenters. The molecule has 1 fully saturated rings. The molecule has 2 aromatic rings. The molecule has 25 heavy (non-hydrogen) atoms. The van der Waals surface area contributed by atoms with Crippen molar-refractivity contribution < 1.29 is 19.1 Å². The molecule has 6 heteroatoms. The summed E-state index contributed by atoms with van der Waals surface area (Å²) in [5.41, 5.74) is 1.70. The molecule has 3 rings (SSSR count). The smallest absolute Gasteiger partial charge is 0.259 e. The van der Waals surface area contributed by atoms with Crippen molar-refractivity contribution in [3.05, 3.63) is 48.0 Å². The lowest BCUT2D eigenvalue weighted by Crippen LogP contribution is -2.24. The third-order valence-electron chi connectivity index (χ3n) is 4.15. The van der Waals surface area contributed by atoms with Gasteiger partial charge >= 0.3 is 0 Å². The zero-order valence-corrected chi connectivity index (χ0v) is 14.2. The van der Waals surface area contributed by atoms with E-state index in [4.69, 9.17) is 9.47 Å². The Kier molecular flexibility index (Phi) is 4.88. The third kappa shape index (κ3) is 3.42.